The van der Waals surface area contributed by atoms with E-state index in [-0.39, 0.29) is 5.82 Å². The van der Waals surface area contributed by atoms with Gasteiger partial charge in [0.05, 0.1) is 12.5 Å². The van der Waals surface area contributed by atoms with E-state index >= 15 is 0 Å². The van der Waals surface area contributed by atoms with Crippen LogP contribution in [-0.2, 0) is 12.6 Å². The Morgan fingerprint density at radius 3 is 2.27 bits per heavy atom. The van der Waals surface area contributed by atoms with Crippen molar-refractivity contribution < 1.29 is 13.2 Å². The normalized spacial score (nSPS) is 10.5. The fraction of sp³-hybridized carbons (Fsp3) is 0.286. The summed E-state index contributed by atoms with van der Waals surface area (Å²) in [5, 5.41) is 16.6. The third-order valence-electron chi connectivity index (χ3n) is 1.27. The van der Waals surface area contributed by atoms with E-state index in [2.05, 4.69) is 15.0 Å². The first kappa shape index (κ1) is 10.9. The van der Waals surface area contributed by atoms with Crippen LogP contribution in [0.4, 0.5) is 13.2 Å². The maximum Gasteiger partial charge on any atom is 0.451 e. The fourth-order valence-corrected chi connectivity index (χ4v) is 0.746. The maximum absolute atomic E-state index is 12.2. The zero-order valence-electron chi connectivity index (χ0n) is 7.08. The van der Waals surface area contributed by atoms with Gasteiger partial charge in [-0.3, -0.25) is 0 Å². The van der Waals surface area contributed by atoms with Crippen LogP contribution >= 0.6 is 0 Å². The standard InChI is InChI=1S/C7H2F3N5/c8-7(9,10)6-14-4(1-2-11)13-5(3-12)15-6/h1H2. The van der Waals surface area contributed by atoms with Crippen LogP contribution in [-0.4, -0.2) is 15.0 Å². The molecule has 1 aromatic heterocycles. The number of hydrogen-bond donors (Lipinski definition) is 0. The topological polar surface area (TPSA) is 86.2 Å². The van der Waals surface area contributed by atoms with Crippen molar-refractivity contribution in [1.82, 2.24) is 15.0 Å². The minimum absolute atomic E-state index is 0.364. The lowest BCUT2D eigenvalue weighted by Crippen LogP contribution is -2.15. The van der Waals surface area contributed by atoms with Crippen molar-refractivity contribution in [3.63, 3.8) is 0 Å². The van der Waals surface area contributed by atoms with Gasteiger partial charge in [0, 0.05) is 0 Å². The van der Waals surface area contributed by atoms with Gasteiger partial charge in [0.15, 0.2) is 0 Å². The molecule has 0 N–H and O–H groups in total. The zero-order valence-corrected chi connectivity index (χ0v) is 7.08. The predicted octanol–water partition coefficient (Wildman–Crippen LogP) is 0.828. The summed E-state index contributed by atoms with van der Waals surface area (Å²) < 4.78 is 36.5. The average Bonchev–Trinajstić information content (AvgIpc) is 2.16. The number of rotatable bonds is 1. The average molecular weight is 213 g/mol. The molecule has 0 aliphatic heterocycles. The fourth-order valence-electron chi connectivity index (χ4n) is 0.746. The van der Waals surface area contributed by atoms with Gasteiger partial charge in [-0.2, -0.15) is 28.7 Å². The molecule has 0 fully saturated rings. The Hall–Kier alpha value is -2.22. The molecule has 8 heteroatoms. The van der Waals surface area contributed by atoms with Gasteiger partial charge in [0.1, 0.15) is 11.9 Å². The highest BCUT2D eigenvalue weighted by Gasteiger charge is 2.35. The van der Waals surface area contributed by atoms with Crippen molar-refractivity contribution in [1.29, 1.82) is 10.5 Å². The quantitative estimate of drug-likeness (QED) is 0.689. The highest BCUT2D eigenvalue weighted by molar-refractivity contribution is 5.13. The molecule has 5 nitrogen and oxygen atoms in total. The lowest BCUT2D eigenvalue weighted by atomic mass is 10.4. The summed E-state index contributed by atoms with van der Waals surface area (Å²) in [5.41, 5.74) is 0. The molecule has 0 atom stereocenters. The third kappa shape index (κ3) is 2.61. The molecule has 0 spiro atoms. The molecule has 1 heterocycles. The summed E-state index contributed by atoms with van der Waals surface area (Å²) in [6, 6.07) is 2.95. The number of hydrogen-bond acceptors (Lipinski definition) is 5. The smallest absolute Gasteiger partial charge is 0.208 e. The predicted molar refractivity (Wildman–Crippen MR) is 38.9 cm³/mol. The summed E-state index contributed by atoms with van der Waals surface area (Å²) in [4.78, 5) is 9.26. The maximum atomic E-state index is 12.2. The van der Waals surface area contributed by atoms with Gasteiger partial charge in [0.25, 0.3) is 0 Å². The monoisotopic (exact) mass is 213 g/mol. The van der Waals surface area contributed by atoms with Crippen LogP contribution in [0, 0.1) is 22.7 Å². The summed E-state index contributed by atoms with van der Waals surface area (Å²) in [6.45, 7) is 0. The van der Waals surface area contributed by atoms with Gasteiger partial charge in [-0.05, 0) is 0 Å². The number of aromatic nitrogens is 3. The Labute approximate surface area is 81.8 Å². The second-order valence-electron chi connectivity index (χ2n) is 2.34. The van der Waals surface area contributed by atoms with Crippen LogP contribution in [0.25, 0.3) is 0 Å². The van der Waals surface area contributed by atoms with E-state index in [1.165, 1.54) is 6.07 Å². The van der Waals surface area contributed by atoms with Crippen LogP contribution in [0.1, 0.15) is 17.5 Å². The highest BCUT2D eigenvalue weighted by Crippen LogP contribution is 2.25. The number of alkyl halides is 3. The molecule has 1 aromatic rings. The lowest BCUT2D eigenvalue weighted by molar-refractivity contribution is -0.145. The Bertz CT molecular complexity index is 453. The summed E-state index contributed by atoms with van der Waals surface area (Å²) >= 11 is 0. The van der Waals surface area contributed by atoms with Crippen molar-refractivity contribution in [3.05, 3.63) is 17.5 Å². The molecular formula is C7H2F3N5. The Morgan fingerprint density at radius 1 is 1.13 bits per heavy atom. The SMILES string of the molecule is N#CCc1nc(C#N)nc(C(F)(F)F)n1. The molecule has 0 aromatic carbocycles. The van der Waals surface area contributed by atoms with Crippen LogP contribution in [0.15, 0.2) is 0 Å². The van der Waals surface area contributed by atoms with Crippen LogP contribution in [0.2, 0.25) is 0 Å². The van der Waals surface area contributed by atoms with Gasteiger partial charge in [0.2, 0.25) is 11.6 Å². The van der Waals surface area contributed by atoms with Crippen molar-refractivity contribution in [2.75, 3.05) is 0 Å². The van der Waals surface area contributed by atoms with Crippen LogP contribution in [0.3, 0.4) is 0 Å². The first-order valence-electron chi connectivity index (χ1n) is 3.56. The van der Waals surface area contributed by atoms with Crippen molar-refractivity contribution in [2.24, 2.45) is 0 Å². The minimum Gasteiger partial charge on any atom is -0.208 e. The Morgan fingerprint density at radius 2 is 1.80 bits per heavy atom. The molecule has 0 bridgehead atoms. The first-order valence-corrected chi connectivity index (χ1v) is 3.56. The molecule has 0 aliphatic carbocycles. The molecule has 0 amide bonds. The van der Waals surface area contributed by atoms with Crippen LogP contribution < -0.4 is 0 Å². The first-order chi connectivity index (χ1) is 6.97. The summed E-state index contributed by atoms with van der Waals surface area (Å²) in [5.74, 6) is -2.47. The van der Waals surface area contributed by atoms with Crippen molar-refractivity contribution in [3.8, 4) is 12.1 Å². The van der Waals surface area contributed by atoms with E-state index in [4.69, 9.17) is 10.5 Å². The molecule has 1 rings (SSSR count). The van der Waals surface area contributed by atoms with E-state index < -0.39 is 24.2 Å². The Balaban J connectivity index is 3.26. The molecule has 0 radical (unpaired) electrons. The number of nitriles is 2. The van der Waals surface area contributed by atoms with Crippen LogP contribution in [0.5, 0.6) is 0 Å². The largest absolute Gasteiger partial charge is 0.451 e. The molecule has 0 aliphatic rings. The molecule has 0 unspecified atom stereocenters. The van der Waals surface area contributed by atoms with Gasteiger partial charge in [-0.15, -0.1) is 0 Å². The minimum atomic E-state index is -4.75. The van der Waals surface area contributed by atoms with Gasteiger partial charge >= 0.3 is 6.18 Å². The molecule has 76 valence electrons. The second kappa shape index (κ2) is 3.88. The molecule has 15 heavy (non-hydrogen) atoms. The van der Waals surface area contributed by atoms with E-state index in [1.807, 2.05) is 0 Å². The van der Waals surface area contributed by atoms with Crippen molar-refractivity contribution in [2.45, 2.75) is 12.6 Å². The molecule has 0 saturated carbocycles. The highest BCUT2D eigenvalue weighted by atomic mass is 19.4. The number of halogens is 3. The van der Waals surface area contributed by atoms with E-state index in [1.54, 1.807) is 6.07 Å². The van der Waals surface area contributed by atoms with E-state index in [0.29, 0.717) is 0 Å². The lowest BCUT2D eigenvalue weighted by Gasteiger charge is -2.04. The molecule has 0 saturated heterocycles. The second-order valence-corrected chi connectivity index (χ2v) is 2.34. The van der Waals surface area contributed by atoms with E-state index in [0.717, 1.165) is 0 Å². The van der Waals surface area contributed by atoms with Crippen molar-refractivity contribution >= 4 is 0 Å². The summed E-state index contributed by atoms with van der Waals surface area (Å²) in [6.07, 6.45) is -5.15. The third-order valence-corrected chi connectivity index (χ3v) is 1.27. The number of nitrogens with zero attached hydrogens (tertiary/aromatic N) is 5. The molecular weight excluding hydrogens is 211 g/mol. The van der Waals surface area contributed by atoms with E-state index in [9.17, 15) is 13.2 Å². The zero-order chi connectivity index (χ0) is 11.5. The van der Waals surface area contributed by atoms with Gasteiger partial charge < -0.3 is 0 Å². The summed E-state index contributed by atoms with van der Waals surface area (Å²) in [7, 11) is 0. The van der Waals surface area contributed by atoms with Gasteiger partial charge in [-0.1, -0.05) is 0 Å². The van der Waals surface area contributed by atoms with Gasteiger partial charge in [-0.25, -0.2) is 9.97 Å². The Kier molecular flexibility index (Phi) is 2.81.